The maximum atomic E-state index is 12.9. The van der Waals surface area contributed by atoms with Crippen molar-refractivity contribution in [1.82, 2.24) is 4.31 Å². The first-order valence-electron chi connectivity index (χ1n) is 10.1. The van der Waals surface area contributed by atoms with Crippen LogP contribution < -0.4 is 4.90 Å². The number of benzene rings is 3. The van der Waals surface area contributed by atoms with E-state index in [1.165, 1.54) is 25.3 Å². The van der Waals surface area contributed by atoms with Gasteiger partial charge in [0.25, 0.3) is 0 Å². The van der Waals surface area contributed by atoms with Crippen LogP contribution in [0.4, 0.5) is 5.69 Å². The van der Waals surface area contributed by atoms with Gasteiger partial charge in [0, 0.05) is 31.6 Å². The lowest BCUT2D eigenvalue weighted by molar-refractivity contribution is -0.116. The molecule has 0 aliphatic carbocycles. The molecular weight excluding hydrogens is 444 g/mol. The van der Waals surface area contributed by atoms with E-state index in [2.05, 4.69) is 0 Å². The van der Waals surface area contributed by atoms with E-state index in [9.17, 15) is 13.2 Å². The van der Waals surface area contributed by atoms with Gasteiger partial charge in [0.2, 0.25) is 15.9 Å². The highest BCUT2D eigenvalue weighted by atomic mass is 35.5. The molecule has 1 amide bonds. The van der Waals surface area contributed by atoms with Crippen molar-refractivity contribution >= 4 is 45.4 Å². The second-order valence-corrected chi connectivity index (χ2v) is 10.4. The minimum Gasteiger partial charge on any atom is -0.308 e. The largest absolute Gasteiger partial charge is 0.308 e. The van der Waals surface area contributed by atoms with Gasteiger partial charge >= 0.3 is 0 Å². The average Bonchev–Trinajstić information content (AvgIpc) is 2.75. The van der Waals surface area contributed by atoms with Crippen LogP contribution in [0.3, 0.4) is 0 Å². The predicted molar refractivity (Wildman–Crippen MR) is 130 cm³/mol. The summed E-state index contributed by atoms with van der Waals surface area (Å²) in [7, 11) is -0.577. The lowest BCUT2D eigenvalue weighted by Crippen LogP contribution is -2.29. The summed E-state index contributed by atoms with van der Waals surface area (Å²) in [5.41, 5.74) is 4.93. The highest BCUT2D eigenvalue weighted by molar-refractivity contribution is 7.89. The van der Waals surface area contributed by atoms with Crippen LogP contribution in [0.25, 0.3) is 23.3 Å². The third kappa shape index (κ3) is 4.09. The van der Waals surface area contributed by atoms with Crippen molar-refractivity contribution in [3.8, 4) is 11.1 Å². The number of rotatable bonds is 3. The van der Waals surface area contributed by atoms with Gasteiger partial charge in [-0.1, -0.05) is 54.1 Å². The quantitative estimate of drug-likeness (QED) is 0.526. The molecule has 0 unspecified atom stereocenters. The molecule has 0 N–H and O–H groups in total. The zero-order chi connectivity index (χ0) is 23.0. The second kappa shape index (κ2) is 8.54. The minimum atomic E-state index is -3.62. The van der Waals surface area contributed by atoms with Gasteiger partial charge in [0.05, 0.1) is 17.1 Å². The number of halogens is 1. The SMILES string of the molecule is CC(=O)N1Cc2cc(-c3ccccc3S(=O)(=O)N(C)C)ccc2C=Cc2cc(Cl)ccc21. The molecule has 0 saturated carbocycles. The van der Waals surface area contributed by atoms with E-state index in [1.807, 2.05) is 48.6 Å². The fourth-order valence-corrected chi connectivity index (χ4v) is 5.11. The Morgan fingerprint density at radius 3 is 2.41 bits per heavy atom. The van der Waals surface area contributed by atoms with Gasteiger partial charge in [0.15, 0.2) is 0 Å². The topological polar surface area (TPSA) is 57.7 Å². The molecule has 0 bridgehead atoms. The monoisotopic (exact) mass is 466 g/mol. The van der Waals surface area contributed by atoms with Gasteiger partial charge in [-0.15, -0.1) is 0 Å². The first-order valence-corrected chi connectivity index (χ1v) is 11.9. The summed E-state index contributed by atoms with van der Waals surface area (Å²) in [6.07, 6.45) is 3.94. The van der Waals surface area contributed by atoms with Crippen molar-refractivity contribution in [2.24, 2.45) is 0 Å². The van der Waals surface area contributed by atoms with Gasteiger partial charge in [-0.3, -0.25) is 4.79 Å². The van der Waals surface area contributed by atoms with Crippen LogP contribution in [-0.2, 0) is 21.4 Å². The summed E-state index contributed by atoms with van der Waals surface area (Å²) >= 11 is 6.17. The summed E-state index contributed by atoms with van der Waals surface area (Å²) in [4.78, 5) is 14.5. The molecule has 3 aromatic rings. The molecule has 0 aromatic heterocycles. The third-order valence-corrected chi connectivity index (χ3v) is 7.64. The standard InChI is InChI=1S/C25H23ClN2O3S/c1-17(29)28-16-21-14-19(23-6-4-5-7-25(23)32(30,31)27(2)3)10-8-18(21)9-11-20-15-22(26)12-13-24(20)28/h4-15H,16H2,1-3H3. The Morgan fingerprint density at radius 1 is 0.969 bits per heavy atom. The van der Waals surface area contributed by atoms with Crippen molar-refractivity contribution < 1.29 is 13.2 Å². The highest BCUT2D eigenvalue weighted by Crippen LogP contribution is 2.34. The Balaban J connectivity index is 1.87. The number of hydrogen-bond donors (Lipinski definition) is 0. The summed E-state index contributed by atoms with van der Waals surface area (Å²) in [5.74, 6) is -0.0872. The van der Waals surface area contributed by atoms with Crippen molar-refractivity contribution in [1.29, 1.82) is 0 Å². The Morgan fingerprint density at radius 2 is 1.69 bits per heavy atom. The lowest BCUT2D eigenvalue weighted by Gasteiger charge is -2.26. The molecule has 0 saturated heterocycles. The fourth-order valence-electron chi connectivity index (χ4n) is 3.82. The molecule has 7 heteroatoms. The zero-order valence-corrected chi connectivity index (χ0v) is 19.6. The molecule has 1 aliphatic heterocycles. The Kier molecular flexibility index (Phi) is 5.95. The smallest absolute Gasteiger partial charge is 0.243 e. The maximum Gasteiger partial charge on any atom is 0.243 e. The maximum absolute atomic E-state index is 12.9. The average molecular weight is 467 g/mol. The number of carbonyl (C=O) groups is 1. The third-order valence-electron chi connectivity index (χ3n) is 5.53. The van der Waals surface area contributed by atoms with Crippen molar-refractivity contribution in [2.45, 2.75) is 18.4 Å². The molecule has 3 aromatic carbocycles. The van der Waals surface area contributed by atoms with Gasteiger partial charge < -0.3 is 4.90 Å². The van der Waals surface area contributed by atoms with E-state index in [0.717, 1.165) is 27.9 Å². The van der Waals surface area contributed by atoms with Gasteiger partial charge in [0.1, 0.15) is 0 Å². The van der Waals surface area contributed by atoms with Crippen molar-refractivity contribution in [3.05, 3.63) is 82.4 Å². The molecule has 0 radical (unpaired) electrons. The lowest BCUT2D eigenvalue weighted by atomic mass is 9.96. The number of amides is 1. The first kappa shape index (κ1) is 22.3. The molecular formula is C25H23ClN2O3S. The van der Waals surface area contributed by atoms with Crippen LogP contribution in [0.5, 0.6) is 0 Å². The number of carbonyl (C=O) groups excluding carboxylic acids is 1. The molecule has 5 nitrogen and oxygen atoms in total. The zero-order valence-electron chi connectivity index (χ0n) is 18.0. The summed E-state index contributed by atoms with van der Waals surface area (Å²) in [6.45, 7) is 1.90. The summed E-state index contributed by atoms with van der Waals surface area (Å²) in [5, 5.41) is 0.603. The Hall–Kier alpha value is -2.93. The van der Waals surface area contributed by atoms with Crippen LogP contribution in [-0.4, -0.2) is 32.7 Å². The molecule has 1 aliphatic rings. The normalized spacial score (nSPS) is 13.3. The van der Waals surface area contributed by atoms with E-state index in [4.69, 9.17) is 11.6 Å². The van der Waals surface area contributed by atoms with Crippen LogP contribution in [0.1, 0.15) is 23.6 Å². The van der Waals surface area contributed by atoms with Crippen molar-refractivity contribution in [3.63, 3.8) is 0 Å². The molecule has 1 heterocycles. The van der Waals surface area contributed by atoms with Crippen LogP contribution in [0.15, 0.2) is 65.6 Å². The van der Waals surface area contributed by atoms with E-state index in [-0.39, 0.29) is 10.8 Å². The molecule has 164 valence electrons. The number of hydrogen-bond acceptors (Lipinski definition) is 3. The Bertz CT molecular complexity index is 1350. The molecule has 32 heavy (non-hydrogen) atoms. The minimum absolute atomic E-state index is 0.0872. The van der Waals surface area contributed by atoms with Crippen LogP contribution in [0.2, 0.25) is 5.02 Å². The van der Waals surface area contributed by atoms with Crippen molar-refractivity contribution in [2.75, 3.05) is 19.0 Å². The fraction of sp³-hybridized carbons (Fsp3) is 0.160. The van der Waals surface area contributed by atoms with Crippen LogP contribution >= 0.6 is 11.6 Å². The van der Waals surface area contributed by atoms with E-state index < -0.39 is 10.0 Å². The molecule has 0 spiro atoms. The number of fused-ring (bicyclic) bond motifs is 2. The first-order chi connectivity index (χ1) is 15.2. The van der Waals surface area contributed by atoms with Gasteiger partial charge in [-0.2, -0.15) is 0 Å². The van der Waals surface area contributed by atoms with E-state index in [0.29, 0.717) is 17.1 Å². The van der Waals surface area contributed by atoms with Crippen LogP contribution in [0, 0.1) is 0 Å². The number of nitrogens with zero attached hydrogens (tertiary/aromatic N) is 2. The molecule has 0 atom stereocenters. The van der Waals surface area contributed by atoms with Gasteiger partial charge in [-0.05, 0) is 52.6 Å². The van der Waals surface area contributed by atoms with Gasteiger partial charge in [-0.25, -0.2) is 12.7 Å². The van der Waals surface area contributed by atoms with E-state index in [1.54, 1.807) is 29.2 Å². The van der Waals surface area contributed by atoms with E-state index >= 15 is 0 Å². The molecule has 0 fully saturated rings. The Labute approximate surface area is 193 Å². The molecule has 4 rings (SSSR count). The predicted octanol–water partition coefficient (Wildman–Crippen LogP) is 5.29. The number of anilines is 1. The number of sulfonamides is 1. The summed E-state index contributed by atoms with van der Waals surface area (Å²) in [6, 6.07) is 18.2. The second-order valence-electron chi connectivity index (χ2n) is 7.84. The summed E-state index contributed by atoms with van der Waals surface area (Å²) < 4.78 is 27.0. The highest BCUT2D eigenvalue weighted by Gasteiger charge is 2.23.